The number of piperidine rings is 1. The molecule has 0 aromatic heterocycles. The zero-order valence-corrected chi connectivity index (χ0v) is 18.6. The Balaban J connectivity index is 1.84. The van der Waals surface area contributed by atoms with Crippen LogP contribution in [0.5, 0.6) is 11.5 Å². The highest BCUT2D eigenvalue weighted by atomic mass is 79.9. The maximum atomic E-state index is 13.1. The molecule has 1 N–H and O–H groups in total. The number of nitrogens with zero attached hydrogens (tertiary/aromatic N) is 1. The molecule has 1 aliphatic heterocycles. The molecule has 0 bridgehead atoms. The standard InChI is InChI=1S/C20H23BrN2O5S/c1-27-18-11-8-15(13-19(18)28-2)22-20(24)17-5-3-4-12-23(17)29(25,26)16-9-6-14(21)7-10-16/h6-11,13,17H,3-5,12H2,1-2H3,(H,22,24)/t17-/m0/s1. The number of benzene rings is 2. The van der Waals surface area contributed by atoms with Crippen molar-refractivity contribution in [1.29, 1.82) is 0 Å². The number of hydrogen-bond acceptors (Lipinski definition) is 5. The molecule has 1 fully saturated rings. The molecule has 156 valence electrons. The minimum absolute atomic E-state index is 0.173. The van der Waals surface area contributed by atoms with E-state index in [4.69, 9.17) is 9.47 Å². The predicted octanol–water partition coefficient (Wildman–Crippen LogP) is 3.65. The SMILES string of the molecule is COc1ccc(NC(=O)[C@@H]2CCCCN2S(=O)(=O)c2ccc(Br)cc2)cc1OC. The third kappa shape index (κ3) is 4.73. The topological polar surface area (TPSA) is 84.9 Å². The third-order valence-corrected chi connectivity index (χ3v) is 7.28. The van der Waals surface area contributed by atoms with Crippen LogP contribution in [0.4, 0.5) is 5.69 Å². The maximum absolute atomic E-state index is 13.1. The van der Waals surface area contributed by atoms with E-state index >= 15 is 0 Å². The molecule has 0 aliphatic carbocycles. The zero-order valence-electron chi connectivity index (χ0n) is 16.2. The number of hydrogen-bond donors (Lipinski definition) is 1. The summed E-state index contributed by atoms with van der Waals surface area (Å²) in [6, 6.07) is 10.7. The molecule has 3 rings (SSSR count). The molecule has 2 aromatic rings. The second kappa shape index (κ2) is 9.15. The smallest absolute Gasteiger partial charge is 0.243 e. The van der Waals surface area contributed by atoms with Gasteiger partial charge in [-0.2, -0.15) is 4.31 Å². The summed E-state index contributed by atoms with van der Waals surface area (Å²) >= 11 is 3.31. The molecule has 0 spiro atoms. The first-order chi connectivity index (χ1) is 13.9. The molecule has 0 radical (unpaired) electrons. The average molecular weight is 483 g/mol. The van der Waals surface area contributed by atoms with E-state index in [-0.39, 0.29) is 10.8 Å². The fourth-order valence-corrected chi connectivity index (χ4v) is 5.26. The Hall–Kier alpha value is -2.10. The highest BCUT2D eigenvalue weighted by molar-refractivity contribution is 9.10. The van der Waals surface area contributed by atoms with Gasteiger partial charge in [0.1, 0.15) is 6.04 Å². The molecular formula is C20H23BrN2O5S. The van der Waals surface area contributed by atoms with Crippen LogP contribution in [0.2, 0.25) is 0 Å². The van der Waals surface area contributed by atoms with Gasteiger partial charge in [0.2, 0.25) is 15.9 Å². The Kier molecular flexibility index (Phi) is 6.81. The summed E-state index contributed by atoms with van der Waals surface area (Å²) in [6.07, 6.45) is 1.97. The quantitative estimate of drug-likeness (QED) is 0.678. The molecule has 9 heteroatoms. The Bertz CT molecular complexity index is 979. The van der Waals surface area contributed by atoms with E-state index in [9.17, 15) is 13.2 Å². The van der Waals surface area contributed by atoms with Crippen molar-refractivity contribution in [2.45, 2.75) is 30.2 Å². The Labute approximate surface area is 179 Å². The van der Waals surface area contributed by atoms with Gasteiger partial charge in [0.15, 0.2) is 11.5 Å². The molecule has 7 nitrogen and oxygen atoms in total. The lowest BCUT2D eigenvalue weighted by Crippen LogP contribution is -2.49. The van der Waals surface area contributed by atoms with E-state index in [1.807, 2.05) is 0 Å². The van der Waals surface area contributed by atoms with Crippen molar-refractivity contribution in [1.82, 2.24) is 4.31 Å². The first-order valence-corrected chi connectivity index (χ1v) is 11.4. The van der Waals surface area contributed by atoms with Crippen LogP contribution in [0.15, 0.2) is 51.8 Å². The predicted molar refractivity (Wildman–Crippen MR) is 114 cm³/mol. The Morgan fingerprint density at radius 1 is 1.07 bits per heavy atom. The third-order valence-electron chi connectivity index (χ3n) is 4.83. The molecule has 1 amide bonds. The average Bonchev–Trinajstić information content (AvgIpc) is 2.74. The molecule has 29 heavy (non-hydrogen) atoms. The van der Waals surface area contributed by atoms with Gasteiger partial charge in [0.05, 0.1) is 19.1 Å². The van der Waals surface area contributed by atoms with Gasteiger partial charge < -0.3 is 14.8 Å². The van der Waals surface area contributed by atoms with Gasteiger partial charge in [-0.15, -0.1) is 0 Å². The molecule has 1 saturated heterocycles. The number of ether oxygens (including phenoxy) is 2. The highest BCUT2D eigenvalue weighted by Gasteiger charge is 2.37. The van der Waals surface area contributed by atoms with Crippen molar-refractivity contribution in [3.05, 3.63) is 46.9 Å². The number of methoxy groups -OCH3 is 2. The van der Waals surface area contributed by atoms with Gasteiger partial charge in [-0.1, -0.05) is 22.4 Å². The number of carbonyl (C=O) groups is 1. The highest BCUT2D eigenvalue weighted by Crippen LogP contribution is 2.31. The maximum Gasteiger partial charge on any atom is 0.243 e. The van der Waals surface area contributed by atoms with Crippen LogP contribution in [0.3, 0.4) is 0 Å². The molecule has 0 saturated carbocycles. The fraction of sp³-hybridized carbons (Fsp3) is 0.350. The second-order valence-electron chi connectivity index (χ2n) is 6.64. The Morgan fingerprint density at radius 2 is 1.76 bits per heavy atom. The first kappa shape index (κ1) is 21.6. The van der Waals surface area contributed by atoms with Crippen molar-refractivity contribution in [2.75, 3.05) is 26.1 Å². The van der Waals surface area contributed by atoms with Crippen molar-refractivity contribution in [3.8, 4) is 11.5 Å². The van der Waals surface area contributed by atoms with E-state index in [2.05, 4.69) is 21.2 Å². The van der Waals surface area contributed by atoms with Crippen molar-refractivity contribution >= 4 is 37.5 Å². The van der Waals surface area contributed by atoms with E-state index in [0.29, 0.717) is 30.2 Å². The minimum atomic E-state index is -3.78. The van der Waals surface area contributed by atoms with Crippen molar-refractivity contribution in [3.63, 3.8) is 0 Å². The largest absolute Gasteiger partial charge is 0.493 e. The molecule has 1 heterocycles. The lowest BCUT2D eigenvalue weighted by atomic mass is 10.0. The van der Waals surface area contributed by atoms with Gasteiger partial charge in [0.25, 0.3) is 0 Å². The Morgan fingerprint density at radius 3 is 2.41 bits per heavy atom. The monoisotopic (exact) mass is 482 g/mol. The van der Waals surface area contributed by atoms with Crippen LogP contribution in [0.1, 0.15) is 19.3 Å². The number of carbonyl (C=O) groups excluding carboxylic acids is 1. The summed E-state index contributed by atoms with van der Waals surface area (Å²) in [5.74, 6) is 0.661. The lowest BCUT2D eigenvalue weighted by molar-refractivity contribution is -0.120. The molecule has 2 aromatic carbocycles. The number of sulfonamides is 1. The number of nitrogens with one attached hydrogen (secondary N) is 1. The van der Waals surface area contributed by atoms with Crippen molar-refractivity contribution in [2.24, 2.45) is 0 Å². The van der Waals surface area contributed by atoms with Gasteiger partial charge in [-0.3, -0.25) is 4.79 Å². The van der Waals surface area contributed by atoms with E-state index in [0.717, 1.165) is 17.3 Å². The molecule has 1 atom stereocenters. The number of rotatable bonds is 6. The van der Waals surface area contributed by atoms with Crippen LogP contribution in [-0.2, 0) is 14.8 Å². The molecular weight excluding hydrogens is 460 g/mol. The van der Waals surface area contributed by atoms with Crippen LogP contribution < -0.4 is 14.8 Å². The van der Waals surface area contributed by atoms with E-state index in [1.54, 1.807) is 30.3 Å². The molecule has 0 unspecified atom stereocenters. The minimum Gasteiger partial charge on any atom is -0.493 e. The van der Waals surface area contributed by atoms with Gasteiger partial charge in [-0.25, -0.2) is 8.42 Å². The van der Waals surface area contributed by atoms with Crippen LogP contribution in [-0.4, -0.2) is 45.4 Å². The first-order valence-electron chi connectivity index (χ1n) is 9.17. The van der Waals surface area contributed by atoms with E-state index < -0.39 is 16.1 Å². The number of halogens is 1. The summed E-state index contributed by atoms with van der Waals surface area (Å²) in [5, 5.41) is 2.81. The van der Waals surface area contributed by atoms with E-state index in [1.165, 1.54) is 30.7 Å². The zero-order chi connectivity index (χ0) is 21.0. The summed E-state index contributed by atoms with van der Waals surface area (Å²) in [7, 11) is -0.740. The lowest BCUT2D eigenvalue weighted by Gasteiger charge is -2.33. The van der Waals surface area contributed by atoms with Gasteiger partial charge in [-0.05, 0) is 49.2 Å². The number of anilines is 1. The van der Waals surface area contributed by atoms with Crippen molar-refractivity contribution < 1.29 is 22.7 Å². The van der Waals surface area contributed by atoms with Crippen LogP contribution in [0.25, 0.3) is 0 Å². The van der Waals surface area contributed by atoms with Crippen LogP contribution in [0, 0.1) is 0 Å². The summed E-state index contributed by atoms with van der Waals surface area (Å²) < 4.78 is 38.8. The summed E-state index contributed by atoms with van der Waals surface area (Å²) in [6.45, 7) is 0.308. The summed E-state index contributed by atoms with van der Waals surface area (Å²) in [4.78, 5) is 13.1. The summed E-state index contributed by atoms with van der Waals surface area (Å²) in [5.41, 5.74) is 0.513. The second-order valence-corrected chi connectivity index (χ2v) is 9.45. The normalized spacial score (nSPS) is 17.6. The fourth-order valence-electron chi connectivity index (χ4n) is 3.34. The van der Waals surface area contributed by atoms with Gasteiger partial charge in [0, 0.05) is 22.8 Å². The van der Waals surface area contributed by atoms with Gasteiger partial charge >= 0.3 is 0 Å². The van der Waals surface area contributed by atoms with Crippen LogP contribution >= 0.6 is 15.9 Å². The molecule has 1 aliphatic rings. The number of amides is 1.